The first-order chi connectivity index (χ1) is 8.44. The van der Waals surface area contributed by atoms with Gasteiger partial charge in [-0.15, -0.1) is 0 Å². The van der Waals surface area contributed by atoms with E-state index in [4.69, 9.17) is 0 Å². The second-order valence-corrected chi connectivity index (χ2v) is 5.70. The number of halogens is 3. The van der Waals surface area contributed by atoms with Crippen molar-refractivity contribution >= 4 is 21.4 Å². The van der Waals surface area contributed by atoms with Crippen molar-refractivity contribution in [1.82, 2.24) is 0 Å². The molecule has 0 bridgehead atoms. The van der Waals surface area contributed by atoms with E-state index in [0.29, 0.717) is 22.5 Å². The van der Waals surface area contributed by atoms with Crippen LogP contribution in [0.3, 0.4) is 0 Å². The molecule has 0 spiro atoms. The maximum atomic E-state index is 12.5. The van der Waals surface area contributed by atoms with Crippen LogP contribution in [0.15, 0.2) is 18.2 Å². The zero-order valence-corrected chi connectivity index (χ0v) is 10.6. The van der Waals surface area contributed by atoms with Crippen molar-refractivity contribution in [1.29, 1.82) is 0 Å². The predicted octanol–water partition coefficient (Wildman–Crippen LogP) is 2.01. The maximum absolute atomic E-state index is 12.5. The van der Waals surface area contributed by atoms with Gasteiger partial charge in [0.25, 0.3) is 5.69 Å². The Morgan fingerprint density at radius 1 is 1.32 bits per heavy atom. The Labute approximate surface area is 106 Å². The number of alkyl halides is 3. The second-order valence-electron chi connectivity index (χ2n) is 3.69. The molecule has 0 aliphatic heterocycles. The highest BCUT2D eigenvalue weighted by Crippen LogP contribution is 2.36. The van der Waals surface area contributed by atoms with Crippen molar-refractivity contribution in [3.63, 3.8) is 0 Å². The Bertz CT molecular complexity index is 612. The number of hydrogen-bond donors (Lipinski definition) is 0. The van der Waals surface area contributed by atoms with Gasteiger partial charge in [0.2, 0.25) is 10.0 Å². The van der Waals surface area contributed by atoms with Gasteiger partial charge in [0.1, 0.15) is 5.69 Å². The van der Waals surface area contributed by atoms with Gasteiger partial charge in [0.05, 0.1) is 16.7 Å². The van der Waals surface area contributed by atoms with Crippen LogP contribution in [-0.4, -0.2) is 26.6 Å². The maximum Gasteiger partial charge on any atom is 0.416 e. The summed E-state index contributed by atoms with van der Waals surface area (Å²) in [6.45, 7) is 0. The van der Waals surface area contributed by atoms with E-state index in [9.17, 15) is 31.7 Å². The van der Waals surface area contributed by atoms with Gasteiger partial charge in [-0.1, -0.05) is 0 Å². The number of rotatable bonds is 3. The smallest absolute Gasteiger partial charge is 0.267 e. The molecule has 0 atom stereocenters. The largest absolute Gasteiger partial charge is 0.416 e. The molecule has 0 fully saturated rings. The molecule has 10 heteroatoms. The minimum Gasteiger partial charge on any atom is -0.267 e. The molecule has 1 aromatic carbocycles. The number of nitro benzene ring substituents is 1. The molecule has 1 rings (SSSR count). The highest BCUT2D eigenvalue weighted by atomic mass is 32.2. The summed E-state index contributed by atoms with van der Waals surface area (Å²) in [5.74, 6) is 0. The van der Waals surface area contributed by atoms with Crippen LogP contribution in [0.1, 0.15) is 5.56 Å². The molecule has 106 valence electrons. The summed E-state index contributed by atoms with van der Waals surface area (Å²) in [6.07, 6.45) is -3.99. The fourth-order valence-electron chi connectivity index (χ4n) is 1.29. The average molecular weight is 298 g/mol. The number of sulfonamides is 1. The van der Waals surface area contributed by atoms with Crippen molar-refractivity contribution in [2.24, 2.45) is 0 Å². The van der Waals surface area contributed by atoms with Gasteiger partial charge in [-0.05, 0) is 12.1 Å². The van der Waals surface area contributed by atoms with Gasteiger partial charge < -0.3 is 0 Å². The molecular weight excluding hydrogens is 289 g/mol. The summed E-state index contributed by atoms with van der Waals surface area (Å²) >= 11 is 0. The molecule has 0 saturated heterocycles. The summed E-state index contributed by atoms with van der Waals surface area (Å²) < 4.78 is 60.6. The Morgan fingerprint density at radius 3 is 2.21 bits per heavy atom. The van der Waals surface area contributed by atoms with E-state index in [-0.39, 0.29) is 0 Å². The molecule has 0 unspecified atom stereocenters. The summed E-state index contributed by atoms with van der Waals surface area (Å²) in [5, 5.41) is 10.7. The van der Waals surface area contributed by atoms with E-state index in [1.807, 2.05) is 0 Å². The van der Waals surface area contributed by atoms with E-state index in [1.54, 1.807) is 0 Å². The molecule has 1 aromatic rings. The van der Waals surface area contributed by atoms with Crippen molar-refractivity contribution in [3.05, 3.63) is 33.9 Å². The Hall–Kier alpha value is -1.84. The number of hydrogen-bond acceptors (Lipinski definition) is 4. The topological polar surface area (TPSA) is 80.5 Å². The van der Waals surface area contributed by atoms with Crippen molar-refractivity contribution < 1.29 is 26.5 Å². The van der Waals surface area contributed by atoms with Crippen LogP contribution in [0, 0.1) is 10.1 Å². The lowest BCUT2D eigenvalue weighted by atomic mass is 10.1. The van der Waals surface area contributed by atoms with Crippen LogP contribution < -0.4 is 4.31 Å². The van der Waals surface area contributed by atoms with E-state index >= 15 is 0 Å². The number of nitro groups is 1. The van der Waals surface area contributed by atoms with E-state index in [2.05, 4.69) is 0 Å². The van der Waals surface area contributed by atoms with Gasteiger partial charge in [-0.25, -0.2) is 8.42 Å². The van der Waals surface area contributed by atoms with E-state index in [1.165, 1.54) is 0 Å². The molecule has 0 N–H and O–H groups in total. The number of nitrogens with zero attached hydrogens (tertiary/aromatic N) is 2. The molecule has 19 heavy (non-hydrogen) atoms. The minimum absolute atomic E-state index is 0.430. The Morgan fingerprint density at radius 2 is 1.84 bits per heavy atom. The predicted molar refractivity (Wildman–Crippen MR) is 61.3 cm³/mol. The third kappa shape index (κ3) is 3.34. The van der Waals surface area contributed by atoms with Crippen molar-refractivity contribution in [3.8, 4) is 0 Å². The zero-order chi connectivity index (χ0) is 15.0. The Kier molecular flexibility index (Phi) is 3.75. The monoisotopic (exact) mass is 298 g/mol. The third-order valence-electron chi connectivity index (χ3n) is 2.34. The van der Waals surface area contributed by atoms with Crippen LogP contribution in [-0.2, 0) is 16.2 Å². The molecule has 0 aromatic heterocycles. The SMILES string of the molecule is CN(c1cc(C(F)(F)F)ccc1[N+](=O)[O-])S(C)(=O)=O. The molecular formula is C9H9F3N2O4S. The number of benzene rings is 1. The highest BCUT2D eigenvalue weighted by Gasteiger charge is 2.34. The quantitative estimate of drug-likeness (QED) is 0.631. The van der Waals surface area contributed by atoms with Crippen LogP contribution in [0.25, 0.3) is 0 Å². The molecule has 0 aliphatic carbocycles. The van der Waals surface area contributed by atoms with Gasteiger partial charge in [0.15, 0.2) is 0 Å². The molecule has 0 amide bonds. The van der Waals surface area contributed by atoms with Gasteiger partial charge in [-0.3, -0.25) is 14.4 Å². The highest BCUT2D eigenvalue weighted by molar-refractivity contribution is 7.92. The van der Waals surface area contributed by atoms with Gasteiger partial charge >= 0.3 is 6.18 Å². The molecule has 6 nitrogen and oxygen atoms in total. The first-order valence-corrected chi connectivity index (χ1v) is 6.59. The summed E-state index contributed by atoms with van der Waals surface area (Å²) in [6, 6.07) is 1.58. The lowest BCUT2D eigenvalue weighted by Crippen LogP contribution is -2.26. The summed E-state index contributed by atoms with van der Waals surface area (Å²) in [4.78, 5) is 9.77. The van der Waals surface area contributed by atoms with Crippen LogP contribution in [0.4, 0.5) is 24.5 Å². The van der Waals surface area contributed by atoms with Crippen LogP contribution in [0.2, 0.25) is 0 Å². The summed E-state index contributed by atoms with van der Waals surface area (Å²) in [7, 11) is -2.97. The van der Waals surface area contributed by atoms with Gasteiger partial charge in [-0.2, -0.15) is 13.2 Å². The van der Waals surface area contributed by atoms with E-state index in [0.717, 1.165) is 13.3 Å². The molecule has 0 saturated carbocycles. The van der Waals surface area contributed by atoms with Gasteiger partial charge in [0, 0.05) is 13.1 Å². The normalized spacial score (nSPS) is 12.3. The average Bonchev–Trinajstić information content (AvgIpc) is 2.24. The lowest BCUT2D eigenvalue weighted by molar-refractivity contribution is -0.384. The molecule has 0 radical (unpaired) electrons. The third-order valence-corrected chi connectivity index (χ3v) is 3.53. The first kappa shape index (κ1) is 15.2. The van der Waals surface area contributed by atoms with Crippen LogP contribution >= 0.6 is 0 Å². The lowest BCUT2D eigenvalue weighted by Gasteiger charge is -2.18. The molecule has 0 aliphatic rings. The van der Waals surface area contributed by atoms with Crippen molar-refractivity contribution in [2.75, 3.05) is 17.6 Å². The minimum atomic E-state index is -4.72. The second kappa shape index (κ2) is 4.68. The standard InChI is InChI=1S/C9H9F3N2O4S/c1-13(19(2,17)18)8-5-6(9(10,11)12)3-4-7(8)14(15)16/h3-5H,1-2H3. The van der Waals surface area contributed by atoms with Crippen LogP contribution in [0.5, 0.6) is 0 Å². The fourth-order valence-corrected chi connectivity index (χ4v) is 1.79. The fraction of sp³-hybridized carbons (Fsp3) is 0.333. The van der Waals surface area contributed by atoms with Crippen molar-refractivity contribution in [2.45, 2.75) is 6.18 Å². The zero-order valence-electron chi connectivity index (χ0n) is 9.80. The number of anilines is 1. The first-order valence-electron chi connectivity index (χ1n) is 4.74. The summed E-state index contributed by atoms with van der Waals surface area (Å²) in [5.41, 5.74) is -2.52. The molecule has 0 heterocycles. The Balaban J connectivity index is 3.53. The van der Waals surface area contributed by atoms with E-state index < -0.39 is 38.1 Å².